The molecule has 86 valence electrons. The number of hydrogen-bond acceptors (Lipinski definition) is 5. The number of ketones is 2. The Morgan fingerprint density at radius 2 is 2.00 bits per heavy atom. The molecule has 0 aromatic carbocycles. The van der Waals surface area contributed by atoms with Crippen LogP contribution in [0.4, 0.5) is 0 Å². The highest BCUT2D eigenvalue weighted by molar-refractivity contribution is 5.99. The number of Topliss-reactive ketones (excluding diaryl/α,β-unsaturated/α-hetero) is 2. The van der Waals surface area contributed by atoms with Gasteiger partial charge in [-0.15, -0.1) is 0 Å². The van der Waals surface area contributed by atoms with Crippen LogP contribution in [0.3, 0.4) is 0 Å². The van der Waals surface area contributed by atoms with Gasteiger partial charge in [0.05, 0.1) is 0 Å². The van der Waals surface area contributed by atoms with Gasteiger partial charge in [0, 0.05) is 18.9 Å². The molecule has 0 spiro atoms. The third-order valence-electron chi connectivity index (χ3n) is 2.04. The molecule has 1 rings (SSSR count). The maximum absolute atomic E-state index is 11.5. The summed E-state index contributed by atoms with van der Waals surface area (Å²) >= 11 is 0. The van der Waals surface area contributed by atoms with Crippen LogP contribution in [0.5, 0.6) is 5.75 Å². The van der Waals surface area contributed by atoms with Crippen molar-refractivity contribution in [3.63, 3.8) is 0 Å². The number of carbonyl (C=O) groups excluding carboxylic acids is 2. The lowest BCUT2D eigenvalue weighted by molar-refractivity contribution is -0.116. The van der Waals surface area contributed by atoms with Crippen molar-refractivity contribution < 1.29 is 19.1 Å². The predicted molar refractivity (Wildman–Crippen MR) is 55.6 cm³/mol. The number of aromatic hydroxyl groups is 1. The molecule has 1 N–H and O–H groups in total. The molecule has 0 fully saturated rings. The fourth-order valence-electron chi connectivity index (χ4n) is 1.27. The summed E-state index contributed by atoms with van der Waals surface area (Å²) < 4.78 is 4.70. The average molecular weight is 224 g/mol. The van der Waals surface area contributed by atoms with Gasteiger partial charge in [-0.3, -0.25) is 4.79 Å². The Labute approximate surface area is 91.7 Å². The minimum Gasteiger partial charge on any atom is -0.507 e. The van der Waals surface area contributed by atoms with Crippen molar-refractivity contribution in [3.8, 4) is 5.75 Å². The molecule has 0 aliphatic rings. The highest BCUT2D eigenvalue weighted by Gasteiger charge is 2.18. The molecule has 0 unspecified atom stereocenters. The van der Waals surface area contributed by atoms with Gasteiger partial charge in [-0.25, -0.2) is 4.79 Å². The van der Waals surface area contributed by atoms with Gasteiger partial charge in [0.1, 0.15) is 22.9 Å². The zero-order valence-corrected chi connectivity index (χ0v) is 9.07. The minimum atomic E-state index is -0.869. The van der Waals surface area contributed by atoms with Crippen molar-refractivity contribution in [2.45, 2.75) is 26.7 Å². The molecule has 0 aliphatic heterocycles. The summed E-state index contributed by atoms with van der Waals surface area (Å²) in [6, 6.07) is 1.20. The first-order valence-corrected chi connectivity index (χ1v) is 4.78. The fraction of sp³-hybridized carbons (Fsp3) is 0.364. The normalized spacial score (nSPS) is 10.1. The first kappa shape index (κ1) is 12.2. The van der Waals surface area contributed by atoms with E-state index in [1.807, 2.05) is 0 Å². The summed E-state index contributed by atoms with van der Waals surface area (Å²) in [6.45, 7) is 2.84. The number of rotatable bonds is 4. The lowest BCUT2D eigenvalue weighted by Gasteiger charge is -2.01. The summed E-state index contributed by atoms with van der Waals surface area (Å²) in [6.07, 6.45) is -0.0533. The Kier molecular flexibility index (Phi) is 3.60. The summed E-state index contributed by atoms with van der Waals surface area (Å²) in [5, 5.41) is 9.44. The lowest BCUT2D eigenvalue weighted by atomic mass is 10.1. The molecule has 16 heavy (non-hydrogen) atoms. The van der Waals surface area contributed by atoms with Crippen LogP contribution in [-0.4, -0.2) is 16.7 Å². The molecule has 5 nitrogen and oxygen atoms in total. The number of aryl methyl sites for hydroxylation is 1. The largest absolute Gasteiger partial charge is 0.507 e. The van der Waals surface area contributed by atoms with Crippen molar-refractivity contribution in [2.75, 3.05) is 0 Å². The maximum atomic E-state index is 11.5. The van der Waals surface area contributed by atoms with Crippen LogP contribution in [0.1, 0.15) is 35.9 Å². The molecule has 0 amide bonds. The van der Waals surface area contributed by atoms with Gasteiger partial charge in [0.25, 0.3) is 0 Å². The van der Waals surface area contributed by atoms with Crippen LogP contribution in [-0.2, 0) is 4.79 Å². The third-order valence-corrected chi connectivity index (χ3v) is 2.04. The van der Waals surface area contributed by atoms with Gasteiger partial charge < -0.3 is 14.3 Å². The van der Waals surface area contributed by atoms with E-state index in [2.05, 4.69) is 0 Å². The van der Waals surface area contributed by atoms with E-state index in [-0.39, 0.29) is 29.9 Å². The Bertz CT molecular complexity index is 484. The molecule has 1 aromatic rings. The fourth-order valence-corrected chi connectivity index (χ4v) is 1.27. The van der Waals surface area contributed by atoms with Crippen molar-refractivity contribution in [3.05, 3.63) is 27.8 Å². The van der Waals surface area contributed by atoms with E-state index in [1.54, 1.807) is 0 Å². The maximum Gasteiger partial charge on any atom is 0.350 e. The van der Waals surface area contributed by atoms with Gasteiger partial charge in [0.15, 0.2) is 5.78 Å². The van der Waals surface area contributed by atoms with Crippen LogP contribution in [0.25, 0.3) is 0 Å². The Balaban J connectivity index is 3.00. The van der Waals surface area contributed by atoms with E-state index in [9.17, 15) is 19.5 Å². The third kappa shape index (κ3) is 2.79. The molecule has 5 heteroatoms. The SMILES string of the molecule is CC(=O)CCC(=O)c1c(O)cc(C)oc1=O. The lowest BCUT2D eigenvalue weighted by Crippen LogP contribution is -2.15. The molecule has 1 heterocycles. The first-order chi connectivity index (χ1) is 7.41. The molecule has 0 aliphatic carbocycles. The van der Waals surface area contributed by atoms with Crippen LogP contribution in [0.15, 0.2) is 15.3 Å². The Hall–Kier alpha value is -1.91. The molecule has 1 aromatic heterocycles. The first-order valence-electron chi connectivity index (χ1n) is 4.78. The van der Waals surface area contributed by atoms with Gasteiger partial charge in [-0.2, -0.15) is 0 Å². The zero-order chi connectivity index (χ0) is 12.3. The minimum absolute atomic E-state index is 0.0472. The average Bonchev–Trinajstić information content (AvgIpc) is 2.12. The second kappa shape index (κ2) is 4.74. The van der Waals surface area contributed by atoms with Gasteiger partial charge in [-0.05, 0) is 13.8 Å². The van der Waals surface area contributed by atoms with Crippen LogP contribution in [0.2, 0.25) is 0 Å². The molecule has 0 saturated heterocycles. The van der Waals surface area contributed by atoms with Crippen LogP contribution < -0.4 is 5.63 Å². The van der Waals surface area contributed by atoms with Crippen molar-refractivity contribution >= 4 is 11.6 Å². The van der Waals surface area contributed by atoms with Crippen molar-refractivity contribution in [2.24, 2.45) is 0 Å². The van der Waals surface area contributed by atoms with Gasteiger partial charge in [-0.1, -0.05) is 0 Å². The summed E-state index contributed by atoms with van der Waals surface area (Å²) in [5.74, 6) is -0.904. The van der Waals surface area contributed by atoms with E-state index in [0.717, 1.165) is 0 Å². The number of hydrogen-bond donors (Lipinski definition) is 1. The predicted octanol–water partition coefficient (Wildman–Crippen LogP) is 1.21. The Morgan fingerprint density at radius 3 is 2.50 bits per heavy atom. The topological polar surface area (TPSA) is 84.6 Å². The van der Waals surface area contributed by atoms with Crippen molar-refractivity contribution in [1.29, 1.82) is 0 Å². The summed E-state index contributed by atoms with van der Waals surface area (Å²) in [5.41, 5.74) is -1.25. The van der Waals surface area contributed by atoms with E-state index in [1.165, 1.54) is 19.9 Å². The van der Waals surface area contributed by atoms with E-state index < -0.39 is 17.2 Å². The quantitative estimate of drug-likeness (QED) is 0.777. The molecule has 0 bridgehead atoms. The molecule has 0 atom stereocenters. The molecule has 0 radical (unpaired) electrons. The molecular weight excluding hydrogens is 212 g/mol. The Morgan fingerprint density at radius 1 is 1.38 bits per heavy atom. The molecule has 0 saturated carbocycles. The summed E-state index contributed by atoms with van der Waals surface area (Å²) in [4.78, 5) is 33.5. The van der Waals surface area contributed by atoms with E-state index >= 15 is 0 Å². The zero-order valence-electron chi connectivity index (χ0n) is 9.07. The van der Waals surface area contributed by atoms with Gasteiger partial charge in [0.2, 0.25) is 0 Å². The van der Waals surface area contributed by atoms with Crippen LogP contribution in [0, 0.1) is 6.92 Å². The van der Waals surface area contributed by atoms with E-state index in [4.69, 9.17) is 4.42 Å². The number of carbonyl (C=O) groups is 2. The van der Waals surface area contributed by atoms with Crippen LogP contribution >= 0.6 is 0 Å². The monoisotopic (exact) mass is 224 g/mol. The standard InChI is InChI=1S/C11H12O5/c1-6(12)3-4-8(13)10-9(14)5-7(2)16-11(10)15/h5,14H,3-4H2,1-2H3. The molecular formula is C11H12O5. The van der Waals surface area contributed by atoms with Crippen molar-refractivity contribution in [1.82, 2.24) is 0 Å². The summed E-state index contributed by atoms with van der Waals surface area (Å²) in [7, 11) is 0. The van der Waals surface area contributed by atoms with E-state index in [0.29, 0.717) is 0 Å². The second-order valence-electron chi connectivity index (χ2n) is 3.53. The smallest absolute Gasteiger partial charge is 0.350 e. The van der Waals surface area contributed by atoms with Gasteiger partial charge >= 0.3 is 5.63 Å². The highest BCUT2D eigenvalue weighted by atomic mass is 16.4. The highest BCUT2D eigenvalue weighted by Crippen LogP contribution is 2.16. The second-order valence-corrected chi connectivity index (χ2v) is 3.53.